The lowest BCUT2D eigenvalue weighted by atomic mass is 9.86. The molecule has 1 unspecified atom stereocenters. The predicted octanol–water partition coefficient (Wildman–Crippen LogP) is 8.02. The Hall–Kier alpha value is -4.58. The van der Waals surface area contributed by atoms with Gasteiger partial charge in [-0.2, -0.15) is 4.31 Å². The van der Waals surface area contributed by atoms with Crippen molar-refractivity contribution in [1.29, 1.82) is 0 Å². The molecule has 4 aromatic carbocycles. The summed E-state index contributed by atoms with van der Waals surface area (Å²) in [4.78, 5) is 29.1. The zero-order chi connectivity index (χ0) is 38.0. The van der Waals surface area contributed by atoms with Gasteiger partial charge in [0, 0.05) is 49.5 Å². The fourth-order valence-corrected chi connectivity index (χ4v) is 8.25. The van der Waals surface area contributed by atoms with Crippen LogP contribution < -0.4 is 5.32 Å². The number of nitrogens with one attached hydrogen (secondary N) is 1. The van der Waals surface area contributed by atoms with Gasteiger partial charge in [-0.3, -0.25) is 4.79 Å². The van der Waals surface area contributed by atoms with Crippen molar-refractivity contribution in [2.45, 2.75) is 81.9 Å². The summed E-state index contributed by atoms with van der Waals surface area (Å²) in [5.74, 6) is -1.40. The Morgan fingerprint density at radius 3 is 2.06 bits per heavy atom. The zero-order valence-corrected chi connectivity index (χ0v) is 31.7. The average molecular weight is 744 g/mol. The first kappa shape index (κ1) is 39.6. The number of piperazine rings is 1. The van der Waals surface area contributed by atoms with Crippen molar-refractivity contribution in [2.75, 3.05) is 31.6 Å². The lowest BCUT2D eigenvalue weighted by molar-refractivity contribution is -0.128. The highest BCUT2D eigenvalue weighted by atomic mass is 32.2. The van der Waals surface area contributed by atoms with Crippen molar-refractivity contribution in [3.8, 4) is 0 Å². The number of halogens is 1. The molecule has 1 heterocycles. The van der Waals surface area contributed by atoms with Gasteiger partial charge < -0.3 is 19.7 Å². The van der Waals surface area contributed by atoms with E-state index in [2.05, 4.69) is 12.2 Å². The van der Waals surface area contributed by atoms with Crippen LogP contribution in [0.5, 0.6) is 0 Å². The Labute approximate surface area is 313 Å². The van der Waals surface area contributed by atoms with Gasteiger partial charge in [0.25, 0.3) is 5.91 Å². The number of benzene rings is 4. The van der Waals surface area contributed by atoms with Gasteiger partial charge in [-0.1, -0.05) is 98.3 Å². The normalized spacial score (nSPS) is 16.0. The van der Waals surface area contributed by atoms with Crippen LogP contribution in [0.2, 0.25) is 0 Å². The van der Waals surface area contributed by atoms with E-state index in [4.69, 9.17) is 9.47 Å². The number of hydrogen-bond donors (Lipinski definition) is 1. The second kappa shape index (κ2) is 18.0. The fraction of sp³-hybridized carbons (Fsp3) is 0.381. The number of hydrogen-bond acceptors (Lipinski definition) is 6. The van der Waals surface area contributed by atoms with Crippen LogP contribution in [-0.2, 0) is 30.7 Å². The maximum absolute atomic E-state index is 15.8. The largest absolute Gasteiger partial charge is 0.444 e. The molecule has 0 saturated carbocycles. The average Bonchev–Trinajstić information content (AvgIpc) is 3.14. The molecular weight excluding hydrogens is 694 g/mol. The Balaban J connectivity index is 1.44. The van der Waals surface area contributed by atoms with Crippen molar-refractivity contribution in [3.05, 3.63) is 132 Å². The van der Waals surface area contributed by atoms with Gasteiger partial charge >= 0.3 is 6.09 Å². The van der Waals surface area contributed by atoms with E-state index in [1.54, 1.807) is 45.0 Å². The smallest absolute Gasteiger partial charge is 0.410 e. The van der Waals surface area contributed by atoms with E-state index in [1.165, 1.54) is 33.5 Å². The van der Waals surface area contributed by atoms with Crippen LogP contribution in [-0.4, -0.2) is 73.6 Å². The third kappa shape index (κ3) is 10.3. The fourth-order valence-electron chi connectivity index (χ4n) is 6.60. The summed E-state index contributed by atoms with van der Waals surface area (Å²) in [5, 5.41) is 2.99. The maximum atomic E-state index is 15.8. The number of sulfonamides is 1. The maximum Gasteiger partial charge on any atom is 0.410 e. The molecule has 0 radical (unpaired) electrons. The number of nitrogens with zero attached hydrogens (tertiary/aromatic N) is 2. The lowest BCUT2D eigenvalue weighted by Crippen LogP contribution is -2.57. The summed E-state index contributed by atoms with van der Waals surface area (Å²) in [6, 6.07) is 31.3. The lowest BCUT2D eigenvalue weighted by Gasteiger charge is -2.41. The monoisotopic (exact) mass is 743 g/mol. The van der Waals surface area contributed by atoms with Crippen LogP contribution >= 0.6 is 0 Å². The second-order valence-corrected chi connectivity index (χ2v) is 16.1. The highest BCUT2D eigenvalue weighted by molar-refractivity contribution is 7.89. The molecule has 0 aliphatic carbocycles. The van der Waals surface area contributed by atoms with Gasteiger partial charge in [0.05, 0.1) is 4.90 Å². The summed E-state index contributed by atoms with van der Waals surface area (Å²) >= 11 is 0. The first-order valence-electron chi connectivity index (χ1n) is 18.2. The molecule has 1 aliphatic rings. The molecule has 1 saturated heterocycles. The first-order chi connectivity index (χ1) is 25.4. The first-order valence-corrected chi connectivity index (χ1v) is 19.7. The van der Waals surface area contributed by atoms with Crippen molar-refractivity contribution < 1.29 is 31.9 Å². The van der Waals surface area contributed by atoms with Crippen molar-refractivity contribution in [1.82, 2.24) is 9.21 Å². The minimum atomic E-state index is -3.95. The molecule has 11 heteroatoms. The Morgan fingerprint density at radius 1 is 0.868 bits per heavy atom. The summed E-state index contributed by atoms with van der Waals surface area (Å²) in [7, 11) is -3.95. The van der Waals surface area contributed by atoms with Crippen LogP contribution in [0.25, 0.3) is 0 Å². The Bertz CT molecular complexity index is 1870. The van der Waals surface area contributed by atoms with Gasteiger partial charge in [0.2, 0.25) is 10.0 Å². The van der Waals surface area contributed by atoms with Crippen molar-refractivity contribution in [3.63, 3.8) is 0 Å². The molecule has 1 fully saturated rings. The van der Waals surface area contributed by atoms with Gasteiger partial charge in [-0.05, 0) is 75.4 Å². The molecule has 53 heavy (non-hydrogen) atoms. The minimum Gasteiger partial charge on any atom is -0.444 e. The minimum absolute atomic E-state index is 0.0408. The molecule has 5 rings (SSSR count). The van der Waals surface area contributed by atoms with E-state index >= 15 is 4.39 Å². The van der Waals surface area contributed by atoms with E-state index in [9.17, 15) is 18.0 Å². The van der Waals surface area contributed by atoms with Crippen LogP contribution in [0, 0.1) is 5.82 Å². The molecule has 0 spiro atoms. The van der Waals surface area contributed by atoms with Gasteiger partial charge in [-0.25, -0.2) is 17.6 Å². The number of ether oxygens (including phenoxy) is 2. The molecule has 0 bridgehead atoms. The van der Waals surface area contributed by atoms with Crippen molar-refractivity contribution in [2.24, 2.45) is 0 Å². The topological polar surface area (TPSA) is 105 Å². The molecule has 0 aromatic heterocycles. The molecule has 1 aliphatic heterocycles. The van der Waals surface area contributed by atoms with E-state index in [0.29, 0.717) is 6.61 Å². The zero-order valence-electron chi connectivity index (χ0n) is 30.9. The Kier molecular flexibility index (Phi) is 13.4. The highest BCUT2D eigenvalue weighted by Gasteiger charge is 2.39. The van der Waals surface area contributed by atoms with Crippen LogP contribution in [0.4, 0.5) is 14.9 Å². The van der Waals surface area contributed by atoms with Crippen LogP contribution in [0.3, 0.4) is 0 Å². The standard InChI is InChI=1S/C42H50FN3O6S/c1-5-6-29-51-39(38(31-17-10-7-11-18-31)32-19-12-8-13-20-32)40(47)44-37-24-16-23-36(43)35(37)26-25-33-30-45(41(48)52-42(2,3)4)27-28-46(33)53(49,50)34-21-14-9-15-22-34/h7-24,33,38-39H,5-6,25-30H2,1-4H3,(H,44,47)/t33-,39?/m0/s1. The molecule has 4 aromatic rings. The number of unbranched alkanes of at least 4 members (excludes halogenated alkanes) is 1. The Morgan fingerprint density at radius 2 is 1.47 bits per heavy atom. The van der Waals surface area contributed by atoms with Crippen LogP contribution in [0.15, 0.2) is 114 Å². The van der Waals surface area contributed by atoms with E-state index in [1.807, 2.05) is 60.7 Å². The van der Waals surface area contributed by atoms with Gasteiger partial charge in [0.1, 0.15) is 17.5 Å². The number of carbonyl (C=O) groups is 2. The number of amides is 2. The molecule has 2 amide bonds. The van der Waals surface area contributed by atoms with E-state index in [-0.39, 0.29) is 48.6 Å². The summed E-state index contributed by atoms with van der Waals surface area (Å²) in [6.45, 7) is 7.97. The molecule has 9 nitrogen and oxygen atoms in total. The summed E-state index contributed by atoms with van der Waals surface area (Å²) < 4.78 is 57.0. The molecule has 1 N–H and O–H groups in total. The summed E-state index contributed by atoms with van der Waals surface area (Å²) in [6.07, 6.45) is 0.413. The van der Waals surface area contributed by atoms with Crippen molar-refractivity contribution >= 4 is 27.7 Å². The third-order valence-corrected chi connectivity index (χ3v) is 11.2. The van der Waals surface area contributed by atoms with E-state index in [0.717, 1.165) is 24.0 Å². The summed E-state index contributed by atoms with van der Waals surface area (Å²) in [5.41, 5.74) is 1.58. The highest BCUT2D eigenvalue weighted by Crippen LogP contribution is 2.33. The molecule has 282 valence electrons. The van der Waals surface area contributed by atoms with Gasteiger partial charge in [0.15, 0.2) is 0 Å². The molecular formula is C42H50FN3O6S. The van der Waals surface area contributed by atoms with Gasteiger partial charge in [-0.15, -0.1) is 0 Å². The third-order valence-electron chi connectivity index (χ3n) is 9.21. The quantitative estimate of drug-likeness (QED) is 0.131. The number of anilines is 1. The van der Waals surface area contributed by atoms with E-state index < -0.39 is 51.5 Å². The SMILES string of the molecule is CCCCOC(C(=O)Nc1cccc(F)c1CC[C@H]1CN(C(=O)OC(C)(C)C)CCN1S(=O)(=O)c1ccccc1)C(c1ccccc1)c1ccccc1. The number of carbonyl (C=O) groups excluding carboxylic acids is 2. The predicted molar refractivity (Wildman–Crippen MR) is 205 cm³/mol. The van der Waals surface area contributed by atoms with Crippen LogP contribution in [0.1, 0.15) is 69.6 Å². The second-order valence-electron chi connectivity index (χ2n) is 14.2. The number of rotatable bonds is 14. The molecule has 2 atom stereocenters.